The number of hydrogen-bond donors (Lipinski definition) is 1. The van der Waals surface area contributed by atoms with Crippen LogP contribution >= 0.6 is 0 Å². The van der Waals surface area contributed by atoms with Gasteiger partial charge >= 0.3 is 0 Å². The zero-order chi connectivity index (χ0) is 12.0. The maximum atomic E-state index is 5.56. The molecule has 3 nitrogen and oxygen atoms in total. The summed E-state index contributed by atoms with van der Waals surface area (Å²) in [4.78, 5) is 2.50. The molecular formula is C13H26N2O. The molecule has 0 aromatic rings. The minimum Gasteiger partial charge on any atom is -0.380 e. The topological polar surface area (TPSA) is 24.5 Å². The highest BCUT2D eigenvalue weighted by atomic mass is 16.5. The average Bonchev–Trinajstić information content (AvgIpc) is 2.23. The standard InChI is InChI=1S/C13H26N2O/c1-5-6-8-16-9-7-15-11-13(3,4)14-10-12(15)2/h5,12,14H,1,6-11H2,2-4H3. The summed E-state index contributed by atoms with van der Waals surface area (Å²) in [6.07, 6.45) is 2.85. The van der Waals surface area contributed by atoms with Crippen molar-refractivity contribution in [3.8, 4) is 0 Å². The lowest BCUT2D eigenvalue weighted by atomic mass is 9.99. The summed E-state index contributed by atoms with van der Waals surface area (Å²) < 4.78 is 5.56. The monoisotopic (exact) mass is 226 g/mol. The maximum Gasteiger partial charge on any atom is 0.0593 e. The van der Waals surface area contributed by atoms with Gasteiger partial charge in [0.2, 0.25) is 0 Å². The molecule has 0 aromatic heterocycles. The van der Waals surface area contributed by atoms with Crippen molar-refractivity contribution in [1.82, 2.24) is 10.2 Å². The van der Waals surface area contributed by atoms with E-state index in [1.54, 1.807) is 0 Å². The van der Waals surface area contributed by atoms with Gasteiger partial charge in [0.1, 0.15) is 0 Å². The first kappa shape index (κ1) is 13.7. The largest absolute Gasteiger partial charge is 0.380 e. The van der Waals surface area contributed by atoms with Crippen LogP contribution in [-0.2, 0) is 4.74 Å². The van der Waals surface area contributed by atoms with Gasteiger partial charge in [0.15, 0.2) is 0 Å². The molecule has 1 heterocycles. The van der Waals surface area contributed by atoms with Crippen molar-refractivity contribution < 1.29 is 4.74 Å². The van der Waals surface area contributed by atoms with Crippen LogP contribution in [0.15, 0.2) is 12.7 Å². The molecule has 0 aromatic carbocycles. The molecule has 1 aliphatic rings. The molecule has 1 atom stereocenters. The smallest absolute Gasteiger partial charge is 0.0593 e. The number of piperazine rings is 1. The number of nitrogens with zero attached hydrogens (tertiary/aromatic N) is 1. The van der Waals surface area contributed by atoms with Crippen LogP contribution in [0.25, 0.3) is 0 Å². The Morgan fingerprint density at radius 1 is 1.50 bits per heavy atom. The fourth-order valence-electron chi connectivity index (χ4n) is 2.02. The summed E-state index contributed by atoms with van der Waals surface area (Å²) in [5.41, 5.74) is 0.230. The fourth-order valence-corrected chi connectivity index (χ4v) is 2.02. The van der Waals surface area contributed by atoms with Crippen LogP contribution in [0.1, 0.15) is 27.2 Å². The van der Waals surface area contributed by atoms with E-state index in [4.69, 9.17) is 4.74 Å². The molecule has 0 bridgehead atoms. The van der Waals surface area contributed by atoms with Crippen molar-refractivity contribution >= 4 is 0 Å². The molecule has 1 unspecified atom stereocenters. The molecule has 0 amide bonds. The zero-order valence-corrected chi connectivity index (χ0v) is 11.0. The molecule has 0 spiro atoms. The Labute approximate surface area is 99.8 Å². The van der Waals surface area contributed by atoms with E-state index in [9.17, 15) is 0 Å². The Bertz CT molecular complexity index is 216. The van der Waals surface area contributed by atoms with Crippen molar-refractivity contribution in [3.63, 3.8) is 0 Å². The lowest BCUT2D eigenvalue weighted by Gasteiger charge is -2.43. The Kier molecular flexibility index (Phi) is 5.46. The summed E-state index contributed by atoms with van der Waals surface area (Å²) in [6, 6.07) is 0.607. The summed E-state index contributed by atoms with van der Waals surface area (Å²) in [6.45, 7) is 15.3. The molecule has 0 saturated carbocycles. The van der Waals surface area contributed by atoms with Gasteiger partial charge in [-0.15, -0.1) is 6.58 Å². The molecule has 0 radical (unpaired) electrons. The summed E-state index contributed by atoms with van der Waals surface area (Å²) in [5, 5.41) is 3.55. The van der Waals surface area contributed by atoms with Gasteiger partial charge in [0.05, 0.1) is 13.2 Å². The van der Waals surface area contributed by atoms with Crippen LogP contribution < -0.4 is 5.32 Å². The highest BCUT2D eigenvalue weighted by Crippen LogP contribution is 2.14. The SMILES string of the molecule is C=CCCOCCN1CC(C)(C)NCC1C. The average molecular weight is 226 g/mol. The quantitative estimate of drug-likeness (QED) is 0.550. The number of hydrogen-bond acceptors (Lipinski definition) is 3. The van der Waals surface area contributed by atoms with E-state index >= 15 is 0 Å². The number of ether oxygens (including phenoxy) is 1. The number of nitrogens with one attached hydrogen (secondary N) is 1. The van der Waals surface area contributed by atoms with Gasteiger partial charge in [-0.1, -0.05) is 6.08 Å². The third-order valence-corrected chi connectivity index (χ3v) is 3.09. The first-order chi connectivity index (χ1) is 7.55. The van der Waals surface area contributed by atoms with E-state index in [0.29, 0.717) is 6.04 Å². The maximum absolute atomic E-state index is 5.56. The van der Waals surface area contributed by atoms with Gasteiger partial charge in [0, 0.05) is 31.2 Å². The molecule has 94 valence electrons. The van der Waals surface area contributed by atoms with Crippen molar-refractivity contribution in [2.75, 3.05) is 32.8 Å². The Morgan fingerprint density at radius 3 is 2.94 bits per heavy atom. The van der Waals surface area contributed by atoms with Crippen LogP contribution in [0.5, 0.6) is 0 Å². The van der Waals surface area contributed by atoms with Gasteiger partial charge in [0.25, 0.3) is 0 Å². The third kappa shape index (κ3) is 4.64. The normalized spacial score (nSPS) is 25.6. The predicted molar refractivity (Wildman–Crippen MR) is 68.7 cm³/mol. The molecule has 0 aliphatic carbocycles. The molecule has 1 aliphatic heterocycles. The molecule has 16 heavy (non-hydrogen) atoms. The van der Waals surface area contributed by atoms with Crippen molar-refractivity contribution in [1.29, 1.82) is 0 Å². The number of rotatable bonds is 6. The van der Waals surface area contributed by atoms with E-state index in [-0.39, 0.29) is 5.54 Å². The molecule has 3 heteroatoms. The van der Waals surface area contributed by atoms with Crippen LogP contribution in [-0.4, -0.2) is 49.3 Å². The van der Waals surface area contributed by atoms with Crippen molar-refractivity contribution in [2.45, 2.75) is 38.8 Å². The van der Waals surface area contributed by atoms with Gasteiger partial charge in [-0.05, 0) is 27.2 Å². The van der Waals surface area contributed by atoms with Crippen LogP contribution in [0, 0.1) is 0 Å². The van der Waals surface area contributed by atoms with Crippen molar-refractivity contribution in [2.24, 2.45) is 0 Å². The second kappa shape index (κ2) is 6.38. The Hall–Kier alpha value is -0.380. The van der Waals surface area contributed by atoms with E-state index in [2.05, 4.69) is 37.6 Å². The van der Waals surface area contributed by atoms with Gasteiger partial charge in [-0.25, -0.2) is 0 Å². The van der Waals surface area contributed by atoms with Crippen LogP contribution in [0.2, 0.25) is 0 Å². The summed E-state index contributed by atoms with van der Waals surface area (Å²) >= 11 is 0. The van der Waals surface area contributed by atoms with E-state index in [1.165, 1.54) is 0 Å². The van der Waals surface area contributed by atoms with Gasteiger partial charge in [-0.2, -0.15) is 0 Å². The summed E-state index contributed by atoms with van der Waals surface area (Å²) in [5.74, 6) is 0. The van der Waals surface area contributed by atoms with Crippen LogP contribution in [0.3, 0.4) is 0 Å². The zero-order valence-electron chi connectivity index (χ0n) is 11.0. The molecule has 1 fully saturated rings. The van der Waals surface area contributed by atoms with Gasteiger partial charge in [-0.3, -0.25) is 4.90 Å². The fraction of sp³-hybridized carbons (Fsp3) is 0.846. The predicted octanol–water partition coefficient (Wildman–Crippen LogP) is 1.65. The third-order valence-electron chi connectivity index (χ3n) is 3.09. The highest BCUT2D eigenvalue weighted by molar-refractivity contribution is 4.90. The first-order valence-corrected chi connectivity index (χ1v) is 6.23. The molecule has 1 rings (SSSR count). The second-order valence-electron chi connectivity index (χ2n) is 5.27. The highest BCUT2D eigenvalue weighted by Gasteiger charge is 2.29. The summed E-state index contributed by atoms with van der Waals surface area (Å²) in [7, 11) is 0. The Morgan fingerprint density at radius 2 is 2.25 bits per heavy atom. The van der Waals surface area contributed by atoms with Crippen LogP contribution in [0.4, 0.5) is 0 Å². The van der Waals surface area contributed by atoms with E-state index in [0.717, 1.165) is 39.3 Å². The van der Waals surface area contributed by atoms with Gasteiger partial charge < -0.3 is 10.1 Å². The minimum absolute atomic E-state index is 0.230. The van der Waals surface area contributed by atoms with Crippen molar-refractivity contribution in [3.05, 3.63) is 12.7 Å². The van der Waals surface area contributed by atoms with E-state index in [1.807, 2.05) is 6.08 Å². The second-order valence-corrected chi connectivity index (χ2v) is 5.27. The molecule has 1 N–H and O–H groups in total. The Balaban J connectivity index is 2.21. The molecular weight excluding hydrogens is 200 g/mol. The molecule has 1 saturated heterocycles. The first-order valence-electron chi connectivity index (χ1n) is 6.23. The lowest BCUT2D eigenvalue weighted by Crippen LogP contribution is -2.61. The minimum atomic E-state index is 0.230. The lowest BCUT2D eigenvalue weighted by molar-refractivity contribution is 0.0563. The van der Waals surface area contributed by atoms with E-state index < -0.39 is 0 Å².